The van der Waals surface area contributed by atoms with E-state index in [4.69, 9.17) is 0 Å². The van der Waals surface area contributed by atoms with E-state index in [0.717, 1.165) is 33.6 Å². The summed E-state index contributed by atoms with van der Waals surface area (Å²) in [6, 6.07) is 36.3. The fourth-order valence-corrected chi connectivity index (χ4v) is 3.13. The largest absolute Gasteiger partial charge is 0.305 e. The Labute approximate surface area is 207 Å². The Hall–Kier alpha value is -3.46. The SMILES string of the molecule is Cc1ccc(-c2[c-]cccc2)nc1.Fc1ccc(-c2ccnc(-c3[c-]cccc3)c2)cc1.[Ir]. The van der Waals surface area contributed by atoms with E-state index in [0.29, 0.717) is 0 Å². The minimum Gasteiger partial charge on any atom is -0.305 e. The summed E-state index contributed by atoms with van der Waals surface area (Å²) >= 11 is 0. The first-order valence-corrected chi connectivity index (χ1v) is 10.3. The van der Waals surface area contributed by atoms with E-state index < -0.39 is 0 Å². The predicted octanol–water partition coefficient (Wildman–Crippen LogP) is 7.21. The summed E-state index contributed by atoms with van der Waals surface area (Å²) in [5.74, 6) is -0.227. The molecule has 33 heavy (non-hydrogen) atoms. The van der Waals surface area contributed by atoms with Crippen molar-refractivity contribution in [3.63, 3.8) is 0 Å². The third kappa shape index (κ3) is 6.76. The molecule has 5 rings (SSSR count). The smallest absolute Gasteiger partial charge is 0.123 e. The van der Waals surface area contributed by atoms with Crippen LogP contribution in [-0.2, 0) is 20.1 Å². The number of halogens is 1. The summed E-state index contributed by atoms with van der Waals surface area (Å²) in [6.07, 6.45) is 3.63. The number of rotatable bonds is 3. The summed E-state index contributed by atoms with van der Waals surface area (Å²) < 4.78 is 12.9. The molecule has 5 aromatic rings. The molecule has 0 bridgehead atoms. The summed E-state index contributed by atoms with van der Waals surface area (Å²) in [5.41, 5.74) is 7.01. The molecule has 0 unspecified atom stereocenters. The van der Waals surface area contributed by atoms with Crippen molar-refractivity contribution >= 4 is 0 Å². The normalized spacial score (nSPS) is 9.88. The second-order valence-electron chi connectivity index (χ2n) is 7.21. The zero-order valence-corrected chi connectivity index (χ0v) is 20.4. The second-order valence-corrected chi connectivity index (χ2v) is 7.21. The molecule has 0 fully saturated rings. The number of aryl methyl sites for hydroxylation is 1. The molecule has 0 saturated carbocycles. The zero-order chi connectivity index (χ0) is 22.2. The van der Waals surface area contributed by atoms with Crippen LogP contribution in [0.15, 0.2) is 109 Å². The Morgan fingerprint density at radius 2 is 1.33 bits per heavy atom. The van der Waals surface area contributed by atoms with Gasteiger partial charge in [-0.05, 0) is 53.2 Å². The first kappa shape index (κ1) is 24.2. The first-order valence-electron chi connectivity index (χ1n) is 10.3. The number of benzene rings is 3. The van der Waals surface area contributed by atoms with Gasteiger partial charge in [-0.25, -0.2) is 4.39 Å². The summed E-state index contributed by atoms with van der Waals surface area (Å²) in [5, 5.41) is 0. The van der Waals surface area contributed by atoms with E-state index in [-0.39, 0.29) is 25.9 Å². The van der Waals surface area contributed by atoms with Crippen molar-refractivity contribution in [2.75, 3.05) is 0 Å². The Morgan fingerprint density at radius 1 is 0.667 bits per heavy atom. The molecule has 0 spiro atoms. The summed E-state index contributed by atoms with van der Waals surface area (Å²) in [4.78, 5) is 8.66. The van der Waals surface area contributed by atoms with E-state index in [2.05, 4.69) is 28.2 Å². The molecule has 0 atom stereocenters. The Balaban J connectivity index is 0.000000192. The number of hydrogen-bond acceptors (Lipinski definition) is 2. The quantitative estimate of drug-likeness (QED) is 0.202. The second kappa shape index (κ2) is 12.0. The average Bonchev–Trinajstić information content (AvgIpc) is 2.87. The van der Waals surface area contributed by atoms with E-state index in [9.17, 15) is 4.39 Å². The third-order valence-corrected chi connectivity index (χ3v) is 4.82. The van der Waals surface area contributed by atoms with Gasteiger partial charge in [-0.15, -0.1) is 71.8 Å². The van der Waals surface area contributed by atoms with Crippen molar-refractivity contribution in [1.29, 1.82) is 0 Å². The minimum atomic E-state index is -0.227. The van der Waals surface area contributed by atoms with Crippen LogP contribution in [0.2, 0.25) is 0 Å². The van der Waals surface area contributed by atoms with E-state index in [1.807, 2.05) is 79.9 Å². The molecule has 165 valence electrons. The van der Waals surface area contributed by atoms with Gasteiger partial charge in [-0.2, -0.15) is 0 Å². The number of hydrogen-bond donors (Lipinski definition) is 0. The Bertz CT molecular complexity index is 1260. The molecule has 0 aliphatic carbocycles. The van der Waals surface area contributed by atoms with Crippen molar-refractivity contribution in [1.82, 2.24) is 9.97 Å². The molecule has 0 aliphatic rings. The Kier molecular flexibility index (Phi) is 8.77. The molecule has 2 heterocycles. The maximum absolute atomic E-state index is 12.9. The topological polar surface area (TPSA) is 25.8 Å². The van der Waals surface area contributed by atoms with Crippen molar-refractivity contribution < 1.29 is 24.5 Å². The van der Waals surface area contributed by atoms with Crippen molar-refractivity contribution in [2.45, 2.75) is 6.92 Å². The molecule has 3 aromatic carbocycles. The van der Waals surface area contributed by atoms with Gasteiger partial charge in [0.15, 0.2) is 0 Å². The van der Waals surface area contributed by atoms with Gasteiger partial charge in [0.25, 0.3) is 0 Å². The average molecular weight is 609 g/mol. The number of aromatic nitrogens is 2. The van der Waals surface area contributed by atoms with Crippen LogP contribution in [0.25, 0.3) is 33.6 Å². The minimum absolute atomic E-state index is 0. The fraction of sp³-hybridized carbons (Fsp3) is 0.0345. The molecular formula is C29H21FIrN2-2. The van der Waals surface area contributed by atoms with Crippen LogP contribution in [0.1, 0.15) is 5.56 Å². The van der Waals surface area contributed by atoms with Gasteiger partial charge in [0, 0.05) is 32.5 Å². The summed E-state index contributed by atoms with van der Waals surface area (Å²) in [7, 11) is 0. The molecule has 0 amide bonds. The standard InChI is InChI=1S/C17H11FN.C12H10N.Ir/c18-16-8-6-13(7-9-16)15-10-11-19-17(12-15)14-4-2-1-3-5-14;1-10-7-8-12(13-9-10)11-5-3-2-4-6-11;/h1-4,6-12H;2-5,7-9H,1H3;/q2*-1;. The van der Waals surface area contributed by atoms with Crippen molar-refractivity contribution in [3.8, 4) is 33.6 Å². The van der Waals surface area contributed by atoms with Gasteiger partial charge in [0.05, 0.1) is 0 Å². The Morgan fingerprint density at radius 3 is 1.91 bits per heavy atom. The van der Waals surface area contributed by atoms with Gasteiger partial charge in [-0.1, -0.05) is 30.3 Å². The number of pyridine rings is 2. The third-order valence-electron chi connectivity index (χ3n) is 4.82. The van der Waals surface area contributed by atoms with Crippen LogP contribution in [-0.4, -0.2) is 9.97 Å². The van der Waals surface area contributed by atoms with Crippen LogP contribution in [0.3, 0.4) is 0 Å². The molecule has 0 N–H and O–H groups in total. The van der Waals surface area contributed by atoms with Crippen LogP contribution in [0.4, 0.5) is 4.39 Å². The van der Waals surface area contributed by atoms with E-state index in [1.165, 1.54) is 17.7 Å². The predicted molar refractivity (Wildman–Crippen MR) is 127 cm³/mol. The fourth-order valence-electron chi connectivity index (χ4n) is 3.13. The van der Waals surface area contributed by atoms with Gasteiger partial charge in [-0.3, -0.25) is 0 Å². The zero-order valence-electron chi connectivity index (χ0n) is 18.0. The maximum Gasteiger partial charge on any atom is 0.123 e. The van der Waals surface area contributed by atoms with Crippen LogP contribution < -0.4 is 0 Å². The molecule has 0 aliphatic heterocycles. The van der Waals surface area contributed by atoms with Crippen LogP contribution in [0.5, 0.6) is 0 Å². The van der Waals surface area contributed by atoms with Crippen molar-refractivity contribution in [2.24, 2.45) is 0 Å². The van der Waals surface area contributed by atoms with Gasteiger partial charge in [0.1, 0.15) is 5.82 Å². The molecular weight excluding hydrogens is 588 g/mol. The van der Waals surface area contributed by atoms with Crippen LogP contribution in [0, 0.1) is 24.9 Å². The molecule has 2 aromatic heterocycles. The van der Waals surface area contributed by atoms with Gasteiger partial charge in [0.2, 0.25) is 0 Å². The van der Waals surface area contributed by atoms with Gasteiger partial charge >= 0.3 is 0 Å². The van der Waals surface area contributed by atoms with Crippen molar-refractivity contribution in [3.05, 3.63) is 133 Å². The molecule has 0 saturated heterocycles. The first-order chi connectivity index (χ1) is 15.7. The number of nitrogens with zero attached hydrogens (tertiary/aromatic N) is 2. The monoisotopic (exact) mass is 609 g/mol. The molecule has 2 nitrogen and oxygen atoms in total. The molecule has 1 radical (unpaired) electrons. The van der Waals surface area contributed by atoms with E-state index >= 15 is 0 Å². The maximum atomic E-state index is 12.9. The summed E-state index contributed by atoms with van der Waals surface area (Å²) in [6.45, 7) is 2.03. The van der Waals surface area contributed by atoms with Crippen LogP contribution >= 0.6 is 0 Å². The van der Waals surface area contributed by atoms with Gasteiger partial charge < -0.3 is 9.97 Å². The molecule has 4 heteroatoms. The van der Waals surface area contributed by atoms with E-state index in [1.54, 1.807) is 18.3 Å².